The van der Waals surface area contributed by atoms with E-state index in [4.69, 9.17) is 5.73 Å². The van der Waals surface area contributed by atoms with E-state index in [1.165, 1.54) is 24.5 Å². The maximum Gasteiger partial charge on any atom is 0.269 e. The molecular weight excluding hydrogens is 393 g/mol. The lowest BCUT2D eigenvalue weighted by atomic mass is 10.0. The molecule has 0 radical (unpaired) electrons. The number of nitrogens with one attached hydrogen (secondary N) is 1. The lowest BCUT2D eigenvalue weighted by Gasteiger charge is -2.35. The maximum atomic E-state index is 14.7. The fourth-order valence-corrected chi connectivity index (χ4v) is 5.06. The third-order valence-electron chi connectivity index (χ3n) is 5.41. The van der Waals surface area contributed by atoms with Gasteiger partial charge in [0.1, 0.15) is 6.17 Å². The molecule has 2 atom stereocenters. The number of nitrogen functional groups attached to an aromatic ring is 1. The summed E-state index contributed by atoms with van der Waals surface area (Å²) in [4.78, 5) is 6.48. The van der Waals surface area contributed by atoms with Crippen molar-refractivity contribution in [3.05, 3.63) is 48.8 Å². The van der Waals surface area contributed by atoms with Gasteiger partial charge in [-0.2, -0.15) is 0 Å². The van der Waals surface area contributed by atoms with Gasteiger partial charge in [-0.15, -0.1) is 0 Å². The van der Waals surface area contributed by atoms with E-state index in [2.05, 4.69) is 15.2 Å². The predicted octanol–water partition coefficient (Wildman–Crippen LogP) is 2.70. The number of pyridine rings is 1. The van der Waals surface area contributed by atoms with Crippen molar-refractivity contribution in [1.29, 1.82) is 0 Å². The molecular formula is C20H24FN5O2S. The Morgan fingerprint density at radius 3 is 2.72 bits per heavy atom. The Hall–Kier alpha value is -2.65. The number of hydrogen-bond acceptors (Lipinski definition) is 6. The lowest BCUT2D eigenvalue weighted by molar-refractivity contribution is 0.132. The Bertz CT molecular complexity index is 1120. The quantitative estimate of drug-likeness (QED) is 0.663. The molecule has 1 saturated heterocycles. The van der Waals surface area contributed by atoms with E-state index in [9.17, 15) is 12.8 Å². The maximum absolute atomic E-state index is 14.7. The molecule has 154 valence electrons. The van der Waals surface area contributed by atoms with Gasteiger partial charge >= 0.3 is 0 Å². The highest BCUT2D eigenvalue weighted by molar-refractivity contribution is 7.90. The van der Waals surface area contributed by atoms with Gasteiger partial charge in [-0.1, -0.05) is 25.1 Å². The van der Waals surface area contributed by atoms with E-state index in [1.807, 2.05) is 6.92 Å². The van der Waals surface area contributed by atoms with Crippen LogP contribution in [0.2, 0.25) is 0 Å². The minimum absolute atomic E-state index is 0.168. The summed E-state index contributed by atoms with van der Waals surface area (Å²) in [5, 5.41) is 3.77. The minimum atomic E-state index is -3.80. The van der Waals surface area contributed by atoms with Gasteiger partial charge in [0.15, 0.2) is 5.65 Å². The fourth-order valence-electron chi connectivity index (χ4n) is 3.74. The summed E-state index contributed by atoms with van der Waals surface area (Å²) < 4.78 is 41.8. The first-order valence-corrected chi connectivity index (χ1v) is 11.0. The van der Waals surface area contributed by atoms with Gasteiger partial charge in [-0.05, 0) is 31.2 Å². The van der Waals surface area contributed by atoms with Crippen LogP contribution in [0, 0.1) is 0 Å². The van der Waals surface area contributed by atoms with Gasteiger partial charge in [0, 0.05) is 24.7 Å². The van der Waals surface area contributed by atoms with E-state index in [1.54, 1.807) is 24.3 Å². The number of nitrogens with two attached hydrogens (primary N) is 1. The molecule has 2 aromatic heterocycles. The molecule has 1 fully saturated rings. The van der Waals surface area contributed by atoms with Crippen LogP contribution in [0.15, 0.2) is 53.7 Å². The van der Waals surface area contributed by atoms with E-state index < -0.39 is 16.2 Å². The van der Waals surface area contributed by atoms with Crippen molar-refractivity contribution in [2.75, 3.05) is 30.7 Å². The summed E-state index contributed by atoms with van der Waals surface area (Å²) in [6, 6.07) is 9.42. The van der Waals surface area contributed by atoms with E-state index in [0.717, 1.165) is 17.1 Å². The number of rotatable bonds is 5. The molecule has 0 aliphatic carbocycles. The predicted molar refractivity (Wildman–Crippen MR) is 112 cm³/mol. The molecule has 3 heterocycles. The highest BCUT2D eigenvalue weighted by Gasteiger charge is 2.30. The monoisotopic (exact) mass is 417 g/mol. The topological polar surface area (TPSA) is 93.2 Å². The number of benzene rings is 1. The molecule has 0 saturated carbocycles. The van der Waals surface area contributed by atoms with Gasteiger partial charge in [0.2, 0.25) is 0 Å². The number of nitrogens with zero attached hydrogens (tertiary/aromatic N) is 3. The second kappa shape index (κ2) is 7.64. The molecule has 0 spiro atoms. The molecule has 29 heavy (non-hydrogen) atoms. The van der Waals surface area contributed by atoms with Crippen molar-refractivity contribution in [1.82, 2.24) is 13.9 Å². The van der Waals surface area contributed by atoms with Gasteiger partial charge in [0.05, 0.1) is 28.5 Å². The van der Waals surface area contributed by atoms with E-state index >= 15 is 0 Å². The van der Waals surface area contributed by atoms with Crippen LogP contribution < -0.4 is 11.1 Å². The number of fused-ring (bicyclic) bond motifs is 1. The first-order chi connectivity index (χ1) is 13.9. The molecule has 0 unspecified atom stereocenters. The van der Waals surface area contributed by atoms with Crippen LogP contribution in [0.3, 0.4) is 0 Å². The summed E-state index contributed by atoms with van der Waals surface area (Å²) in [5.74, 6) is 0. The molecule has 3 N–H and O–H groups in total. The van der Waals surface area contributed by atoms with Crippen LogP contribution in [0.5, 0.6) is 0 Å². The molecule has 1 aliphatic heterocycles. The van der Waals surface area contributed by atoms with Gasteiger partial charge in [-0.3, -0.25) is 0 Å². The first kappa shape index (κ1) is 19.7. The molecule has 1 aliphatic rings. The molecule has 1 aromatic carbocycles. The SMILES string of the molecule is CCN1CC[C@@H](Nc2c(N)cnc3c2ccn3S(=O)(=O)c2ccccc2)[C@@H](F)C1. The lowest BCUT2D eigenvalue weighted by Crippen LogP contribution is -2.47. The number of anilines is 2. The smallest absolute Gasteiger partial charge is 0.269 e. The van der Waals surface area contributed by atoms with Crippen LogP contribution in [0.25, 0.3) is 11.0 Å². The van der Waals surface area contributed by atoms with Gasteiger partial charge < -0.3 is 16.0 Å². The van der Waals surface area contributed by atoms with Crippen LogP contribution in [0.1, 0.15) is 13.3 Å². The van der Waals surface area contributed by atoms with Crippen molar-refractivity contribution in [2.45, 2.75) is 30.5 Å². The molecule has 0 amide bonds. The third-order valence-corrected chi connectivity index (χ3v) is 7.09. The molecule has 3 aromatic rings. The first-order valence-electron chi connectivity index (χ1n) is 9.61. The number of aromatic nitrogens is 2. The zero-order valence-corrected chi connectivity index (χ0v) is 16.9. The zero-order valence-electron chi connectivity index (χ0n) is 16.1. The summed E-state index contributed by atoms with van der Waals surface area (Å²) in [5.41, 5.74) is 7.25. The summed E-state index contributed by atoms with van der Waals surface area (Å²) in [6.45, 7) is 3.99. The number of halogens is 1. The van der Waals surface area contributed by atoms with Crippen molar-refractivity contribution < 1.29 is 12.8 Å². The second-order valence-electron chi connectivity index (χ2n) is 7.20. The third kappa shape index (κ3) is 3.56. The van der Waals surface area contributed by atoms with Crippen molar-refractivity contribution >= 4 is 32.4 Å². The average Bonchev–Trinajstić information content (AvgIpc) is 3.17. The molecule has 7 nitrogen and oxygen atoms in total. The average molecular weight is 418 g/mol. The Labute approximate surface area is 169 Å². The minimum Gasteiger partial charge on any atom is -0.396 e. The Morgan fingerprint density at radius 1 is 1.28 bits per heavy atom. The van der Waals surface area contributed by atoms with Crippen LogP contribution in [-0.2, 0) is 10.0 Å². The fraction of sp³-hybridized carbons (Fsp3) is 0.350. The second-order valence-corrected chi connectivity index (χ2v) is 9.02. The summed E-state index contributed by atoms with van der Waals surface area (Å²) >= 11 is 0. The number of hydrogen-bond donors (Lipinski definition) is 2. The van der Waals surface area contributed by atoms with Crippen molar-refractivity contribution in [2.24, 2.45) is 0 Å². The molecule has 0 bridgehead atoms. The van der Waals surface area contributed by atoms with Crippen LogP contribution in [-0.4, -0.2) is 54.1 Å². The number of alkyl halides is 1. The van der Waals surface area contributed by atoms with Crippen LogP contribution >= 0.6 is 0 Å². The molecule has 4 rings (SSSR count). The molecule has 9 heteroatoms. The highest BCUT2D eigenvalue weighted by atomic mass is 32.2. The highest BCUT2D eigenvalue weighted by Crippen LogP contribution is 2.32. The standard InChI is InChI=1S/C20H24FN5O2S/c1-2-25-10-9-18(16(21)13-25)24-19-15-8-11-26(20(15)23-12-17(19)22)29(27,28)14-6-4-3-5-7-14/h3-8,11-12,16,18H,2,9-10,13,22H2,1H3,(H,23,24)/t16-,18+/m0/s1. The normalized spacial score (nSPS) is 20.8. The summed E-state index contributed by atoms with van der Waals surface area (Å²) in [7, 11) is -3.80. The Morgan fingerprint density at radius 2 is 2.03 bits per heavy atom. The van der Waals surface area contributed by atoms with E-state index in [-0.39, 0.29) is 16.6 Å². The zero-order chi connectivity index (χ0) is 20.6. The number of piperidine rings is 1. The van der Waals surface area contributed by atoms with E-state index in [0.29, 0.717) is 29.7 Å². The largest absolute Gasteiger partial charge is 0.396 e. The van der Waals surface area contributed by atoms with Gasteiger partial charge in [0.25, 0.3) is 10.0 Å². The van der Waals surface area contributed by atoms with Gasteiger partial charge in [-0.25, -0.2) is 21.8 Å². The van der Waals surface area contributed by atoms with Crippen LogP contribution in [0.4, 0.5) is 15.8 Å². The van der Waals surface area contributed by atoms with Crippen molar-refractivity contribution in [3.8, 4) is 0 Å². The van der Waals surface area contributed by atoms with Crippen molar-refractivity contribution in [3.63, 3.8) is 0 Å². The Balaban J connectivity index is 1.71. The summed E-state index contributed by atoms with van der Waals surface area (Å²) in [6.07, 6.45) is 2.47. The number of likely N-dealkylation sites (tertiary alicyclic amines) is 1. The Kier molecular flexibility index (Phi) is 5.18.